The summed E-state index contributed by atoms with van der Waals surface area (Å²) in [4.78, 5) is 12.2. The molecule has 13 heteroatoms. The molecule has 3 aromatic rings. The predicted molar refractivity (Wildman–Crippen MR) is 107 cm³/mol. The van der Waals surface area contributed by atoms with Crippen molar-refractivity contribution in [2.75, 3.05) is 22.8 Å². The minimum absolute atomic E-state index is 0.0142. The van der Waals surface area contributed by atoms with Gasteiger partial charge in [-0.3, -0.25) is 9.10 Å². The van der Waals surface area contributed by atoms with Crippen molar-refractivity contribution in [2.24, 2.45) is 7.05 Å². The Morgan fingerprint density at radius 2 is 1.88 bits per heavy atom. The second kappa shape index (κ2) is 7.82. The Labute approximate surface area is 180 Å². The van der Waals surface area contributed by atoms with E-state index in [0.29, 0.717) is 0 Å². The van der Waals surface area contributed by atoms with Crippen molar-refractivity contribution >= 4 is 27.3 Å². The highest BCUT2D eigenvalue weighted by Crippen LogP contribution is 2.36. The van der Waals surface area contributed by atoms with Gasteiger partial charge in [0.1, 0.15) is 22.9 Å². The second-order valence-electron chi connectivity index (χ2n) is 6.83. The minimum Gasteiger partial charge on any atom is -0.490 e. The van der Waals surface area contributed by atoms with Gasteiger partial charge in [0.25, 0.3) is 15.9 Å². The smallest absolute Gasteiger partial charge is 0.416 e. The second-order valence-corrected chi connectivity index (χ2v) is 8.66. The Balaban J connectivity index is 1.67. The third-order valence-corrected chi connectivity index (χ3v) is 6.60. The zero-order valence-electron chi connectivity index (χ0n) is 16.5. The number of sulfonamides is 1. The molecular weight excluding hydrogens is 451 g/mol. The van der Waals surface area contributed by atoms with Crippen molar-refractivity contribution in [3.8, 4) is 5.75 Å². The van der Waals surface area contributed by atoms with Gasteiger partial charge in [-0.15, -0.1) is 5.10 Å². The quantitative estimate of drug-likeness (QED) is 0.635. The SMILES string of the molecule is Cn1nncc1C(=O)Nc1ccc2c(c1)S(=O)(=O)N(c1ccc(C(F)(F)F)cc1)CCO2. The zero-order valence-corrected chi connectivity index (χ0v) is 17.3. The number of nitrogens with zero attached hydrogens (tertiary/aromatic N) is 4. The van der Waals surface area contributed by atoms with Crippen LogP contribution in [0.5, 0.6) is 5.75 Å². The van der Waals surface area contributed by atoms with Gasteiger partial charge in [0, 0.05) is 12.7 Å². The number of anilines is 2. The highest BCUT2D eigenvalue weighted by molar-refractivity contribution is 7.93. The van der Waals surface area contributed by atoms with Gasteiger partial charge in [0.2, 0.25) is 0 Å². The van der Waals surface area contributed by atoms with Gasteiger partial charge in [-0.25, -0.2) is 13.1 Å². The topological polar surface area (TPSA) is 106 Å². The highest BCUT2D eigenvalue weighted by Gasteiger charge is 2.34. The van der Waals surface area contributed by atoms with Gasteiger partial charge in [-0.05, 0) is 42.5 Å². The fraction of sp³-hybridized carbons (Fsp3) is 0.211. The molecule has 2 heterocycles. The Morgan fingerprint density at radius 1 is 1.16 bits per heavy atom. The summed E-state index contributed by atoms with van der Waals surface area (Å²) in [5, 5.41) is 9.85. The number of rotatable bonds is 3. The highest BCUT2D eigenvalue weighted by atomic mass is 32.2. The van der Waals surface area contributed by atoms with E-state index in [9.17, 15) is 26.4 Å². The van der Waals surface area contributed by atoms with Crippen LogP contribution in [-0.2, 0) is 23.2 Å². The van der Waals surface area contributed by atoms with Gasteiger partial charge >= 0.3 is 6.18 Å². The third-order valence-electron chi connectivity index (χ3n) is 4.75. The number of carbonyl (C=O) groups excluding carboxylic acids is 1. The van der Waals surface area contributed by atoms with E-state index >= 15 is 0 Å². The van der Waals surface area contributed by atoms with E-state index in [2.05, 4.69) is 15.6 Å². The van der Waals surface area contributed by atoms with Gasteiger partial charge in [0.15, 0.2) is 0 Å². The van der Waals surface area contributed by atoms with Gasteiger partial charge < -0.3 is 10.1 Å². The van der Waals surface area contributed by atoms with Crippen molar-refractivity contribution in [2.45, 2.75) is 11.1 Å². The molecule has 32 heavy (non-hydrogen) atoms. The summed E-state index contributed by atoms with van der Waals surface area (Å²) in [6.45, 7) is -0.121. The lowest BCUT2D eigenvalue weighted by molar-refractivity contribution is -0.137. The summed E-state index contributed by atoms with van der Waals surface area (Å²) < 4.78 is 72.9. The van der Waals surface area contributed by atoms with Crippen LogP contribution in [-0.4, -0.2) is 42.5 Å². The molecular formula is C19H16F3N5O4S. The van der Waals surface area contributed by atoms with Crippen molar-refractivity contribution < 1.29 is 31.1 Å². The number of amides is 1. The molecule has 0 bridgehead atoms. The number of ether oxygens (including phenoxy) is 1. The van der Waals surface area contributed by atoms with Crippen LogP contribution in [0.4, 0.5) is 24.5 Å². The molecule has 1 aromatic heterocycles. The normalized spacial score (nSPS) is 15.4. The summed E-state index contributed by atoms with van der Waals surface area (Å²) in [7, 11) is -2.67. The number of fused-ring (bicyclic) bond motifs is 1. The number of halogens is 3. The van der Waals surface area contributed by atoms with Crippen LogP contribution in [0.3, 0.4) is 0 Å². The van der Waals surface area contributed by atoms with Crippen LogP contribution in [0.2, 0.25) is 0 Å². The molecule has 1 N–H and O–H groups in total. The van der Waals surface area contributed by atoms with E-state index in [0.717, 1.165) is 28.6 Å². The summed E-state index contributed by atoms with van der Waals surface area (Å²) in [6, 6.07) is 7.92. The molecule has 0 spiro atoms. The first-order valence-corrected chi connectivity index (χ1v) is 10.6. The van der Waals surface area contributed by atoms with E-state index in [-0.39, 0.29) is 40.9 Å². The number of nitrogens with one attached hydrogen (secondary N) is 1. The van der Waals surface area contributed by atoms with Crippen molar-refractivity contribution in [1.82, 2.24) is 15.0 Å². The lowest BCUT2D eigenvalue weighted by Crippen LogP contribution is -2.32. The molecule has 1 aliphatic rings. The van der Waals surface area contributed by atoms with Crippen molar-refractivity contribution in [1.29, 1.82) is 0 Å². The fourth-order valence-corrected chi connectivity index (χ4v) is 4.77. The van der Waals surface area contributed by atoms with Gasteiger partial charge in [-0.1, -0.05) is 5.21 Å². The number of alkyl halides is 3. The number of hydrogen-bond acceptors (Lipinski definition) is 6. The largest absolute Gasteiger partial charge is 0.490 e. The number of benzene rings is 2. The maximum absolute atomic E-state index is 13.3. The van der Waals surface area contributed by atoms with E-state index in [1.807, 2.05) is 0 Å². The zero-order chi connectivity index (χ0) is 23.1. The lowest BCUT2D eigenvalue weighted by atomic mass is 10.2. The molecule has 1 amide bonds. The average Bonchev–Trinajstić information content (AvgIpc) is 3.12. The van der Waals surface area contributed by atoms with Crippen LogP contribution in [0.25, 0.3) is 0 Å². The number of carbonyl (C=O) groups is 1. The first-order valence-electron chi connectivity index (χ1n) is 9.20. The van der Waals surface area contributed by atoms with Crippen molar-refractivity contribution in [3.05, 3.63) is 59.9 Å². The van der Waals surface area contributed by atoms with Crippen LogP contribution in [0.15, 0.2) is 53.6 Å². The lowest BCUT2D eigenvalue weighted by Gasteiger charge is -2.22. The Bertz CT molecular complexity index is 1270. The summed E-state index contributed by atoms with van der Waals surface area (Å²) in [5.41, 5.74) is -0.494. The molecule has 4 rings (SSSR count). The average molecular weight is 467 g/mol. The van der Waals surface area contributed by atoms with E-state index in [1.54, 1.807) is 0 Å². The van der Waals surface area contributed by atoms with E-state index in [1.165, 1.54) is 36.1 Å². The first kappa shape index (κ1) is 21.6. The predicted octanol–water partition coefficient (Wildman–Crippen LogP) is 2.67. The summed E-state index contributed by atoms with van der Waals surface area (Å²) in [5.74, 6) is -0.483. The van der Waals surface area contributed by atoms with Crippen LogP contribution < -0.4 is 14.4 Å². The monoisotopic (exact) mass is 467 g/mol. The molecule has 0 unspecified atom stereocenters. The number of aromatic nitrogens is 3. The van der Waals surface area contributed by atoms with Gasteiger partial charge in [0.05, 0.1) is 24.0 Å². The number of aryl methyl sites for hydroxylation is 1. The van der Waals surface area contributed by atoms with E-state index < -0.39 is 27.7 Å². The Morgan fingerprint density at radius 3 is 2.50 bits per heavy atom. The molecule has 0 fully saturated rings. The first-order chi connectivity index (χ1) is 15.1. The van der Waals surface area contributed by atoms with Gasteiger partial charge in [-0.2, -0.15) is 13.2 Å². The Kier molecular flexibility index (Phi) is 5.28. The van der Waals surface area contributed by atoms with Crippen LogP contribution >= 0.6 is 0 Å². The molecule has 168 valence electrons. The molecule has 0 aliphatic carbocycles. The van der Waals surface area contributed by atoms with Crippen molar-refractivity contribution in [3.63, 3.8) is 0 Å². The third kappa shape index (κ3) is 3.98. The number of hydrogen-bond donors (Lipinski definition) is 1. The molecule has 0 atom stereocenters. The van der Waals surface area contributed by atoms with Crippen LogP contribution in [0.1, 0.15) is 16.1 Å². The maximum Gasteiger partial charge on any atom is 0.416 e. The fourth-order valence-electron chi connectivity index (χ4n) is 3.16. The maximum atomic E-state index is 13.3. The summed E-state index contributed by atoms with van der Waals surface area (Å²) in [6.07, 6.45) is -3.28. The standard InChI is InChI=1S/C19H16F3N5O4S/c1-26-15(11-23-25-26)18(28)24-13-4-7-16-17(10-13)32(29,30)27(8-9-31-16)14-5-2-12(3-6-14)19(20,21)22/h2-7,10-11H,8-9H2,1H3,(H,24,28). The molecule has 9 nitrogen and oxygen atoms in total. The van der Waals surface area contributed by atoms with E-state index in [4.69, 9.17) is 4.74 Å². The molecule has 0 saturated carbocycles. The molecule has 1 aliphatic heterocycles. The molecule has 0 radical (unpaired) electrons. The summed E-state index contributed by atoms with van der Waals surface area (Å²) >= 11 is 0. The minimum atomic E-state index is -4.54. The van der Waals surface area contributed by atoms with Crippen LogP contribution in [0, 0.1) is 0 Å². The Hall–Kier alpha value is -3.61. The molecule has 0 saturated heterocycles. The molecule has 2 aromatic carbocycles.